The van der Waals surface area contributed by atoms with Gasteiger partial charge in [-0.1, -0.05) is 23.6 Å². The van der Waals surface area contributed by atoms with Crippen LogP contribution in [-0.2, 0) is 4.74 Å². The number of allylic oxidation sites excluding steroid dienone is 3. The minimum absolute atomic E-state index is 0.253. The normalized spacial score (nSPS) is 26.0. The second kappa shape index (κ2) is 6.89. The lowest BCUT2D eigenvalue weighted by Gasteiger charge is -2.29. The van der Waals surface area contributed by atoms with Crippen LogP contribution in [0.2, 0.25) is 0 Å². The van der Waals surface area contributed by atoms with Gasteiger partial charge in [-0.25, -0.2) is 4.79 Å². The molecular formula is C19H31NO2. The van der Waals surface area contributed by atoms with Crippen LogP contribution < -0.4 is 5.32 Å². The summed E-state index contributed by atoms with van der Waals surface area (Å²) in [4.78, 5) is 11.7. The fraction of sp³-hybridized carbons (Fsp3) is 0.737. The van der Waals surface area contributed by atoms with Crippen LogP contribution in [0.5, 0.6) is 0 Å². The molecule has 2 rings (SSSR count). The highest BCUT2D eigenvalue weighted by Crippen LogP contribution is 2.45. The van der Waals surface area contributed by atoms with Crippen molar-refractivity contribution in [2.45, 2.75) is 72.3 Å². The van der Waals surface area contributed by atoms with Gasteiger partial charge in [0.1, 0.15) is 6.61 Å². The molecule has 124 valence electrons. The monoisotopic (exact) mass is 305 g/mol. The number of hydrogen-bond acceptors (Lipinski definition) is 2. The number of rotatable bonds is 3. The van der Waals surface area contributed by atoms with Gasteiger partial charge in [0.15, 0.2) is 0 Å². The molecule has 3 nitrogen and oxygen atoms in total. The Labute approximate surface area is 135 Å². The van der Waals surface area contributed by atoms with Crippen LogP contribution in [0, 0.1) is 11.8 Å². The molecular weight excluding hydrogens is 274 g/mol. The van der Waals surface area contributed by atoms with Gasteiger partial charge in [-0.05, 0) is 77.7 Å². The van der Waals surface area contributed by atoms with E-state index in [9.17, 15) is 4.79 Å². The average molecular weight is 305 g/mol. The number of nitrogens with one attached hydrogen (secondary N) is 1. The minimum Gasteiger partial charge on any atom is -0.445 e. The van der Waals surface area contributed by atoms with Crippen molar-refractivity contribution in [2.24, 2.45) is 11.8 Å². The van der Waals surface area contributed by atoms with Crippen molar-refractivity contribution in [1.29, 1.82) is 0 Å². The highest BCUT2D eigenvalue weighted by Gasteiger charge is 2.31. The van der Waals surface area contributed by atoms with E-state index in [0.29, 0.717) is 12.5 Å². The quantitative estimate of drug-likeness (QED) is 0.746. The summed E-state index contributed by atoms with van der Waals surface area (Å²) in [6, 6.07) is 0. The maximum atomic E-state index is 11.7. The SMILES string of the molecule is CC(=CC1CCCC2CCC(C)=C12)COC(=O)NC(C)(C)C. The summed E-state index contributed by atoms with van der Waals surface area (Å²) in [5.41, 5.74) is 4.19. The first kappa shape index (κ1) is 17.1. The predicted octanol–water partition coefficient (Wildman–Crippen LogP) is 4.98. The third kappa shape index (κ3) is 4.62. The number of amides is 1. The molecule has 0 aromatic heterocycles. The van der Waals surface area contributed by atoms with Crippen molar-refractivity contribution in [2.75, 3.05) is 6.61 Å². The lowest BCUT2D eigenvalue weighted by Crippen LogP contribution is -2.41. The molecule has 1 N–H and O–H groups in total. The number of carbonyl (C=O) groups is 1. The molecule has 2 aliphatic carbocycles. The highest BCUT2D eigenvalue weighted by molar-refractivity contribution is 5.68. The first-order valence-electron chi connectivity index (χ1n) is 8.58. The Morgan fingerprint density at radius 3 is 2.73 bits per heavy atom. The third-order valence-electron chi connectivity index (χ3n) is 4.66. The number of alkyl carbamates (subject to hydrolysis) is 1. The van der Waals surface area contributed by atoms with E-state index in [0.717, 1.165) is 11.5 Å². The van der Waals surface area contributed by atoms with Crippen LogP contribution in [0.1, 0.15) is 66.7 Å². The van der Waals surface area contributed by atoms with Crippen molar-refractivity contribution < 1.29 is 9.53 Å². The van der Waals surface area contributed by atoms with Gasteiger partial charge < -0.3 is 10.1 Å². The van der Waals surface area contributed by atoms with Crippen molar-refractivity contribution in [3.05, 3.63) is 22.8 Å². The largest absolute Gasteiger partial charge is 0.445 e. The Morgan fingerprint density at radius 2 is 2.05 bits per heavy atom. The standard InChI is InChI=1S/C19H31NO2/c1-13(12-22-18(21)20-19(3,4)5)11-16-8-6-7-15-10-9-14(2)17(15)16/h11,15-16H,6-10,12H2,1-5H3,(H,20,21). The predicted molar refractivity (Wildman–Crippen MR) is 90.8 cm³/mol. The molecule has 2 aliphatic rings. The van der Waals surface area contributed by atoms with Gasteiger partial charge in [0.2, 0.25) is 0 Å². The molecule has 0 bridgehead atoms. The summed E-state index contributed by atoms with van der Waals surface area (Å²) >= 11 is 0. The van der Waals surface area contributed by atoms with Gasteiger partial charge in [-0.3, -0.25) is 0 Å². The lowest BCUT2D eigenvalue weighted by atomic mass is 9.77. The second-order valence-corrected chi connectivity index (χ2v) is 7.97. The molecule has 0 aromatic carbocycles. The molecule has 2 unspecified atom stereocenters. The van der Waals surface area contributed by atoms with E-state index in [-0.39, 0.29) is 11.6 Å². The van der Waals surface area contributed by atoms with E-state index in [1.165, 1.54) is 32.1 Å². The molecule has 1 amide bonds. The smallest absolute Gasteiger partial charge is 0.407 e. The molecule has 0 saturated heterocycles. The van der Waals surface area contributed by atoms with Gasteiger partial charge in [-0.2, -0.15) is 0 Å². The zero-order valence-electron chi connectivity index (χ0n) is 14.8. The Bertz CT molecular complexity index is 482. The number of fused-ring (bicyclic) bond motifs is 1. The van der Waals surface area contributed by atoms with Crippen molar-refractivity contribution >= 4 is 6.09 Å². The zero-order valence-corrected chi connectivity index (χ0v) is 14.8. The molecule has 0 spiro atoms. The van der Waals surface area contributed by atoms with E-state index in [2.05, 4.69) is 25.2 Å². The van der Waals surface area contributed by atoms with Crippen LogP contribution in [-0.4, -0.2) is 18.2 Å². The van der Waals surface area contributed by atoms with Crippen LogP contribution in [0.25, 0.3) is 0 Å². The Morgan fingerprint density at radius 1 is 1.32 bits per heavy atom. The average Bonchev–Trinajstić information content (AvgIpc) is 2.77. The lowest BCUT2D eigenvalue weighted by molar-refractivity contribution is 0.146. The van der Waals surface area contributed by atoms with E-state index < -0.39 is 0 Å². The molecule has 1 saturated carbocycles. The van der Waals surface area contributed by atoms with Crippen LogP contribution in [0.3, 0.4) is 0 Å². The molecule has 0 aliphatic heterocycles. The second-order valence-electron chi connectivity index (χ2n) is 7.97. The van der Waals surface area contributed by atoms with Crippen molar-refractivity contribution in [1.82, 2.24) is 5.32 Å². The highest BCUT2D eigenvalue weighted by atomic mass is 16.5. The summed E-state index contributed by atoms with van der Waals surface area (Å²) in [6.07, 6.45) is 8.54. The van der Waals surface area contributed by atoms with E-state index in [1.807, 2.05) is 20.8 Å². The molecule has 3 heteroatoms. The summed E-state index contributed by atoms with van der Waals surface area (Å²) in [5, 5.41) is 2.82. The summed E-state index contributed by atoms with van der Waals surface area (Å²) in [6.45, 7) is 10.6. The summed E-state index contributed by atoms with van der Waals surface area (Å²) in [7, 11) is 0. The van der Waals surface area contributed by atoms with Crippen LogP contribution >= 0.6 is 0 Å². The number of hydrogen-bond donors (Lipinski definition) is 1. The Hall–Kier alpha value is -1.25. The van der Waals surface area contributed by atoms with Gasteiger partial charge in [-0.15, -0.1) is 0 Å². The first-order chi connectivity index (χ1) is 10.3. The van der Waals surface area contributed by atoms with Gasteiger partial charge in [0.05, 0.1) is 0 Å². The zero-order chi connectivity index (χ0) is 16.3. The summed E-state index contributed by atoms with van der Waals surface area (Å²) in [5.74, 6) is 1.38. The minimum atomic E-state index is -0.335. The maximum Gasteiger partial charge on any atom is 0.407 e. The van der Waals surface area contributed by atoms with Gasteiger partial charge >= 0.3 is 6.09 Å². The topological polar surface area (TPSA) is 38.3 Å². The molecule has 0 radical (unpaired) electrons. The van der Waals surface area contributed by atoms with Crippen LogP contribution in [0.15, 0.2) is 22.8 Å². The number of carbonyl (C=O) groups excluding carboxylic acids is 1. The van der Waals surface area contributed by atoms with Gasteiger partial charge in [0.25, 0.3) is 0 Å². The molecule has 0 aromatic rings. The maximum absolute atomic E-state index is 11.7. The number of ether oxygens (including phenoxy) is 1. The molecule has 1 fully saturated rings. The van der Waals surface area contributed by atoms with Crippen molar-refractivity contribution in [3.63, 3.8) is 0 Å². The fourth-order valence-corrected chi connectivity index (χ4v) is 3.78. The van der Waals surface area contributed by atoms with E-state index in [1.54, 1.807) is 11.1 Å². The van der Waals surface area contributed by atoms with Gasteiger partial charge in [0, 0.05) is 5.54 Å². The Balaban J connectivity index is 1.91. The summed E-state index contributed by atoms with van der Waals surface area (Å²) < 4.78 is 5.33. The van der Waals surface area contributed by atoms with E-state index in [4.69, 9.17) is 4.74 Å². The van der Waals surface area contributed by atoms with Crippen LogP contribution in [0.4, 0.5) is 4.79 Å². The first-order valence-corrected chi connectivity index (χ1v) is 8.58. The third-order valence-corrected chi connectivity index (χ3v) is 4.66. The molecule has 0 heterocycles. The van der Waals surface area contributed by atoms with E-state index >= 15 is 0 Å². The Kier molecular flexibility index (Phi) is 5.36. The van der Waals surface area contributed by atoms with Crippen molar-refractivity contribution in [3.8, 4) is 0 Å². The fourth-order valence-electron chi connectivity index (χ4n) is 3.78. The molecule has 2 atom stereocenters. The molecule has 22 heavy (non-hydrogen) atoms.